The number of carbonyl (C=O) groups excluding carboxylic acids is 2. The van der Waals surface area contributed by atoms with E-state index in [1.54, 1.807) is 24.0 Å². The fraction of sp³-hybridized carbons (Fsp3) is 0.529. The Bertz CT molecular complexity index is 535. The van der Waals surface area contributed by atoms with Crippen molar-refractivity contribution in [3.05, 3.63) is 35.6 Å². The summed E-state index contributed by atoms with van der Waals surface area (Å²) in [5.41, 5.74) is 0.993. The third-order valence-corrected chi connectivity index (χ3v) is 4.79. The van der Waals surface area contributed by atoms with Crippen LogP contribution in [0.1, 0.15) is 25.3 Å². The Labute approximate surface area is 140 Å². The fourth-order valence-corrected chi connectivity index (χ4v) is 3.47. The molecule has 23 heavy (non-hydrogen) atoms. The summed E-state index contributed by atoms with van der Waals surface area (Å²) in [7, 11) is 0. The van der Waals surface area contributed by atoms with Crippen LogP contribution in [-0.4, -0.2) is 42.2 Å². The Balaban J connectivity index is 1.76. The fourth-order valence-electron chi connectivity index (χ4n) is 2.58. The van der Waals surface area contributed by atoms with Gasteiger partial charge in [0, 0.05) is 18.8 Å². The molecule has 1 heterocycles. The van der Waals surface area contributed by atoms with Crippen LogP contribution in [0.3, 0.4) is 0 Å². The molecule has 0 aliphatic carbocycles. The standard InChI is InChI=1S/C17H22FNO3S/c1-2-22-17(21)14-4-3-9-19(10-14)16(20)12-23-11-13-5-7-15(18)8-6-13/h5-8,14H,2-4,9-12H2,1H3. The highest BCUT2D eigenvalue weighted by atomic mass is 32.2. The third kappa shape index (κ3) is 5.53. The first kappa shape index (κ1) is 17.8. The summed E-state index contributed by atoms with van der Waals surface area (Å²) in [5.74, 6) is 0.423. The summed E-state index contributed by atoms with van der Waals surface area (Å²) < 4.78 is 17.9. The maximum Gasteiger partial charge on any atom is 0.310 e. The smallest absolute Gasteiger partial charge is 0.310 e. The van der Waals surface area contributed by atoms with Gasteiger partial charge in [0.05, 0.1) is 18.3 Å². The number of nitrogens with zero attached hydrogens (tertiary/aromatic N) is 1. The van der Waals surface area contributed by atoms with Gasteiger partial charge in [-0.1, -0.05) is 12.1 Å². The van der Waals surface area contributed by atoms with Crippen molar-refractivity contribution in [3.63, 3.8) is 0 Å². The summed E-state index contributed by atoms with van der Waals surface area (Å²) in [6.45, 7) is 3.31. The summed E-state index contributed by atoms with van der Waals surface area (Å²) in [6.07, 6.45) is 1.61. The molecule has 0 saturated carbocycles. The van der Waals surface area contributed by atoms with Gasteiger partial charge < -0.3 is 9.64 Å². The minimum atomic E-state index is -0.256. The molecule has 1 atom stereocenters. The molecule has 126 valence electrons. The maximum atomic E-state index is 12.8. The van der Waals surface area contributed by atoms with Gasteiger partial charge >= 0.3 is 5.97 Å². The van der Waals surface area contributed by atoms with Gasteiger partial charge in [-0.05, 0) is 37.5 Å². The number of esters is 1. The molecule has 4 nitrogen and oxygen atoms in total. The van der Waals surface area contributed by atoms with E-state index >= 15 is 0 Å². The van der Waals surface area contributed by atoms with E-state index in [1.165, 1.54) is 23.9 Å². The highest BCUT2D eigenvalue weighted by Crippen LogP contribution is 2.20. The number of benzene rings is 1. The van der Waals surface area contributed by atoms with Crippen LogP contribution in [0.4, 0.5) is 4.39 Å². The van der Waals surface area contributed by atoms with E-state index in [1.807, 2.05) is 0 Å². The Kier molecular flexibility index (Phi) is 6.89. The van der Waals surface area contributed by atoms with Crippen LogP contribution < -0.4 is 0 Å². The number of hydrogen-bond donors (Lipinski definition) is 0. The first-order valence-electron chi connectivity index (χ1n) is 7.86. The number of thioether (sulfide) groups is 1. The van der Waals surface area contributed by atoms with Crippen LogP contribution in [0.25, 0.3) is 0 Å². The van der Waals surface area contributed by atoms with Crippen molar-refractivity contribution in [2.24, 2.45) is 5.92 Å². The first-order valence-corrected chi connectivity index (χ1v) is 9.02. The number of hydrogen-bond acceptors (Lipinski definition) is 4. The molecule has 1 aromatic rings. The van der Waals surface area contributed by atoms with Crippen molar-refractivity contribution in [2.75, 3.05) is 25.4 Å². The zero-order valence-electron chi connectivity index (χ0n) is 13.3. The van der Waals surface area contributed by atoms with E-state index in [9.17, 15) is 14.0 Å². The number of rotatable bonds is 6. The van der Waals surface area contributed by atoms with Crippen molar-refractivity contribution < 1.29 is 18.7 Å². The van der Waals surface area contributed by atoms with Crippen molar-refractivity contribution in [1.82, 2.24) is 4.90 Å². The van der Waals surface area contributed by atoms with E-state index in [0.29, 0.717) is 31.2 Å². The molecule has 1 saturated heterocycles. The number of likely N-dealkylation sites (tertiary alicyclic amines) is 1. The molecular formula is C17H22FNO3S. The van der Waals surface area contributed by atoms with E-state index in [0.717, 1.165) is 18.4 Å². The lowest BCUT2D eigenvalue weighted by Crippen LogP contribution is -2.43. The number of amides is 1. The second kappa shape index (κ2) is 8.91. The molecule has 1 fully saturated rings. The van der Waals surface area contributed by atoms with Crippen LogP contribution in [0.15, 0.2) is 24.3 Å². The Hall–Kier alpha value is -1.56. The van der Waals surface area contributed by atoms with Gasteiger partial charge in [0.1, 0.15) is 5.82 Å². The normalized spacial score (nSPS) is 17.8. The molecule has 0 bridgehead atoms. The van der Waals surface area contributed by atoms with Gasteiger partial charge in [-0.25, -0.2) is 4.39 Å². The van der Waals surface area contributed by atoms with Crippen molar-refractivity contribution >= 4 is 23.6 Å². The molecule has 1 aliphatic rings. The van der Waals surface area contributed by atoms with Crippen LogP contribution in [0, 0.1) is 11.7 Å². The zero-order valence-corrected chi connectivity index (χ0v) is 14.1. The number of carbonyl (C=O) groups is 2. The highest BCUT2D eigenvalue weighted by Gasteiger charge is 2.29. The molecule has 1 unspecified atom stereocenters. The maximum absolute atomic E-state index is 12.8. The summed E-state index contributed by atoms with van der Waals surface area (Å²) in [4.78, 5) is 25.8. The molecule has 2 rings (SSSR count). The highest BCUT2D eigenvalue weighted by molar-refractivity contribution is 7.99. The molecule has 1 aromatic carbocycles. The summed E-state index contributed by atoms with van der Waals surface area (Å²) in [5, 5.41) is 0. The molecule has 6 heteroatoms. The van der Waals surface area contributed by atoms with E-state index in [4.69, 9.17) is 4.74 Å². The largest absolute Gasteiger partial charge is 0.466 e. The van der Waals surface area contributed by atoms with Gasteiger partial charge in [-0.3, -0.25) is 9.59 Å². The van der Waals surface area contributed by atoms with Gasteiger partial charge in [0.15, 0.2) is 0 Å². The molecular weight excluding hydrogens is 317 g/mol. The summed E-state index contributed by atoms with van der Waals surface area (Å²) >= 11 is 1.50. The van der Waals surface area contributed by atoms with Crippen LogP contribution in [0.5, 0.6) is 0 Å². The van der Waals surface area contributed by atoms with Gasteiger partial charge in [-0.15, -0.1) is 11.8 Å². The van der Waals surface area contributed by atoms with Gasteiger partial charge in [0.25, 0.3) is 0 Å². The Morgan fingerprint density at radius 1 is 1.35 bits per heavy atom. The third-order valence-electron chi connectivity index (χ3n) is 3.80. The Morgan fingerprint density at radius 2 is 2.09 bits per heavy atom. The van der Waals surface area contributed by atoms with Gasteiger partial charge in [-0.2, -0.15) is 0 Å². The van der Waals surface area contributed by atoms with Crippen molar-refractivity contribution in [2.45, 2.75) is 25.5 Å². The van der Waals surface area contributed by atoms with E-state index < -0.39 is 0 Å². The Morgan fingerprint density at radius 3 is 2.78 bits per heavy atom. The molecule has 1 aliphatic heterocycles. The average Bonchev–Trinajstić information content (AvgIpc) is 2.57. The lowest BCUT2D eigenvalue weighted by atomic mass is 9.98. The monoisotopic (exact) mass is 339 g/mol. The van der Waals surface area contributed by atoms with Crippen LogP contribution in [0.2, 0.25) is 0 Å². The van der Waals surface area contributed by atoms with Gasteiger partial charge in [0.2, 0.25) is 5.91 Å². The number of piperidine rings is 1. The van der Waals surface area contributed by atoms with E-state index in [2.05, 4.69) is 0 Å². The molecule has 0 spiro atoms. The zero-order chi connectivity index (χ0) is 16.7. The second-order valence-electron chi connectivity index (χ2n) is 5.55. The predicted octanol–water partition coefficient (Wildman–Crippen LogP) is 2.86. The van der Waals surface area contributed by atoms with Crippen molar-refractivity contribution in [1.29, 1.82) is 0 Å². The second-order valence-corrected chi connectivity index (χ2v) is 6.54. The number of halogens is 1. The first-order chi connectivity index (χ1) is 11.1. The number of ether oxygens (including phenoxy) is 1. The topological polar surface area (TPSA) is 46.6 Å². The molecule has 0 radical (unpaired) electrons. The lowest BCUT2D eigenvalue weighted by Gasteiger charge is -2.31. The van der Waals surface area contributed by atoms with Crippen LogP contribution in [-0.2, 0) is 20.1 Å². The van der Waals surface area contributed by atoms with E-state index in [-0.39, 0.29) is 23.6 Å². The average molecular weight is 339 g/mol. The van der Waals surface area contributed by atoms with Crippen LogP contribution >= 0.6 is 11.8 Å². The minimum absolute atomic E-state index is 0.0473. The van der Waals surface area contributed by atoms with Crippen molar-refractivity contribution in [3.8, 4) is 0 Å². The summed E-state index contributed by atoms with van der Waals surface area (Å²) in [6, 6.07) is 6.30. The minimum Gasteiger partial charge on any atom is -0.466 e. The molecule has 0 N–H and O–H groups in total. The lowest BCUT2D eigenvalue weighted by molar-refractivity contribution is -0.151. The SMILES string of the molecule is CCOC(=O)C1CCCN(C(=O)CSCc2ccc(F)cc2)C1. The molecule has 1 amide bonds. The quantitative estimate of drug-likeness (QED) is 0.748. The molecule has 0 aromatic heterocycles. The predicted molar refractivity (Wildman–Crippen MR) is 88.5 cm³/mol.